The van der Waals surface area contributed by atoms with Gasteiger partial charge in [0.1, 0.15) is 5.03 Å². The Hall–Kier alpha value is -1.54. The van der Waals surface area contributed by atoms with Crippen LogP contribution in [0, 0.1) is 16.7 Å². The molecule has 0 aliphatic heterocycles. The molecule has 0 atom stereocenters. The lowest BCUT2D eigenvalue weighted by Crippen LogP contribution is -2.09. The molecule has 0 saturated heterocycles. The summed E-state index contributed by atoms with van der Waals surface area (Å²) < 4.78 is 0. The highest BCUT2D eigenvalue weighted by molar-refractivity contribution is 7.99. The van der Waals surface area contributed by atoms with Gasteiger partial charge >= 0.3 is 5.97 Å². The first-order valence-electron chi connectivity index (χ1n) is 5.18. The fourth-order valence-electron chi connectivity index (χ4n) is 1.13. The average molecular weight is 250 g/mol. The molecule has 4 nitrogen and oxygen atoms in total. The Kier molecular flexibility index (Phi) is 4.53. The Labute approximate surface area is 105 Å². The van der Waals surface area contributed by atoms with Crippen molar-refractivity contribution in [3.63, 3.8) is 0 Å². The molecule has 0 spiro atoms. The lowest BCUT2D eigenvalue weighted by Gasteiger charge is -2.14. The van der Waals surface area contributed by atoms with Gasteiger partial charge in [0.25, 0.3) is 0 Å². The molecule has 90 valence electrons. The molecule has 17 heavy (non-hydrogen) atoms. The van der Waals surface area contributed by atoms with Gasteiger partial charge in [-0.1, -0.05) is 0 Å². The third-order valence-corrected chi connectivity index (χ3v) is 3.28. The summed E-state index contributed by atoms with van der Waals surface area (Å²) in [5.41, 5.74) is -0.169. The van der Waals surface area contributed by atoms with E-state index in [4.69, 9.17) is 10.4 Å². The zero-order valence-corrected chi connectivity index (χ0v) is 10.6. The minimum atomic E-state index is -0.972. The molecule has 0 aromatic carbocycles. The molecular weight excluding hydrogens is 236 g/mol. The molecule has 0 aliphatic rings. The number of carboxylic acids is 1. The van der Waals surface area contributed by atoms with Crippen LogP contribution in [0.3, 0.4) is 0 Å². The zero-order valence-electron chi connectivity index (χ0n) is 9.80. The highest BCUT2D eigenvalue weighted by Crippen LogP contribution is 2.26. The molecule has 0 unspecified atom stereocenters. The van der Waals surface area contributed by atoms with E-state index in [0.717, 1.165) is 0 Å². The maximum absolute atomic E-state index is 10.9. The number of thioether (sulfide) groups is 1. The number of nitrogens with zero attached hydrogens (tertiary/aromatic N) is 2. The molecule has 1 rings (SSSR count). The molecule has 1 N–H and O–H groups in total. The van der Waals surface area contributed by atoms with Crippen LogP contribution in [-0.2, 0) is 0 Å². The van der Waals surface area contributed by atoms with E-state index in [1.54, 1.807) is 12.3 Å². The van der Waals surface area contributed by atoms with E-state index in [2.05, 4.69) is 11.1 Å². The summed E-state index contributed by atoms with van der Waals surface area (Å²) in [5.74, 6) is -0.294. The predicted molar refractivity (Wildman–Crippen MR) is 65.9 cm³/mol. The van der Waals surface area contributed by atoms with Crippen molar-refractivity contribution in [1.82, 2.24) is 4.98 Å². The van der Waals surface area contributed by atoms with Crippen LogP contribution >= 0.6 is 11.8 Å². The highest BCUT2D eigenvalue weighted by Gasteiger charge is 2.17. The molecule has 0 bridgehead atoms. The van der Waals surface area contributed by atoms with Crippen LogP contribution in [0.15, 0.2) is 23.4 Å². The van der Waals surface area contributed by atoms with Gasteiger partial charge in [-0.05, 0) is 32.4 Å². The van der Waals surface area contributed by atoms with E-state index in [0.29, 0.717) is 17.2 Å². The molecule has 1 aromatic rings. The molecule has 0 radical (unpaired) electrons. The van der Waals surface area contributed by atoms with E-state index in [9.17, 15) is 4.79 Å². The number of aromatic nitrogens is 1. The Bertz CT molecular complexity index is 452. The summed E-state index contributed by atoms with van der Waals surface area (Å²) >= 11 is 1.37. The number of carbonyl (C=O) groups is 1. The Morgan fingerprint density at radius 3 is 2.94 bits per heavy atom. The monoisotopic (exact) mass is 250 g/mol. The van der Waals surface area contributed by atoms with Crippen molar-refractivity contribution < 1.29 is 9.90 Å². The molecule has 1 aromatic heterocycles. The van der Waals surface area contributed by atoms with Crippen molar-refractivity contribution in [2.24, 2.45) is 5.41 Å². The fraction of sp³-hybridized carbons (Fsp3) is 0.417. The summed E-state index contributed by atoms with van der Waals surface area (Å²) in [6.45, 7) is 3.73. The first kappa shape index (κ1) is 13.5. The molecule has 5 heteroatoms. The molecule has 0 aliphatic carbocycles. The van der Waals surface area contributed by atoms with Crippen LogP contribution in [-0.4, -0.2) is 21.8 Å². The van der Waals surface area contributed by atoms with Gasteiger partial charge in [-0.3, -0.25) is 0 Å². The molecule has 1 heterocycles. The average Bonchev–Trinajstić information content (AvgIpc) is 2.29. The van der Waals surface area contributed by atoms with Crippen molar-refractivity contribution in [3.05, 3.63) is 23.9 Å². The van der Waals surface area contributed by atoms with Gasteiger partial charge in [-0.25, -0.2) is 9.78 Å². The number of rotatable bonds is 5. The van der Waals surface area contributed by atoms with Crippen molar-refractivity contribution in [2.45, 2.75) is 25.3 Å². The fourth-order valence-corrected chi connectivity index (χ4v) is 2.38. The largest absolute Gasteiger partial charge is 0.478 e. The molecule has 0 amide bonds. The standard InChI is InChI=1S/C12H14N2O2S/c1-12(2,8-13)5-7-17-10-9(11(15)16)4-3-6-14-10/h3-4,6H,5,7H2,1-2H3,(H,15,16). The minimum absolute atomic E-state index is 0.215. The number of carboxylic acid groups (broad SMARTS) is 1. The first-order chi connectivity index (χ1) is 7.96. The number of hydrogen-bond acceptors (Lipinski definition) is 4. The smallest absolute Gasteiger partial charge is 0.338 e. The summed E-state index contributed by atoms with van der Waals surface area (Å²) in [5, 5.41) is 18.3. The summed E-state index contributed by atoms with van der Waals surface area (Å²) in [6.07, 6.45) is 2.27. The van der Waals surface area contributed by atoms with Crippen molar-refractivity contribution in [2.75, 3.05) is 5.75 Å². The van der Waals surface area contributed by atoms with E-state index < -0.39 is 5.97 Å². The number of aromatic carboxylic acids is 1. The Morgan fingerprint density at radius 1 is 1.65 bits per heavy atom. The summed E-state index contributed by atoms with van der Waals surface area (Å²) in [6, 6.07) is 5.35. The van der Waals surface area contributed by atoms with E-state index >= 15 is 0 Å². The maximum Gasteiger partial charge on any atom is 0.338 e. The number of hydrogen-bond donors (Lipinski definition) is 1. The number of nitriles is 1. The molecule has 0 fully saturated rings. The third kappa shape index (κ3) is 4.08. The lowest BCUT2D eigenvalue weighted by molar-refractivity contribution is 0.0692. The topological polar surface area (TPSA) is 74.0 Å². The van der Waals surface area contributed by atoms with Crippen LogP contribution in [0.2, 0.25) is 0 Å². The second-order valence-corrected chi connectivity index (χ2v) is 5.34. The van der Waals surface area contributed by atoms with Crippen LogP contribution in [0.5, 0.6) is 0 Å². The normalized spacial score (nSPS) is 10.9. The van der Waals surface area contributed by atoms with Gasteiger partial charge in [-0.2, -0.15) is 5.26 Å². The second-order valence-electron chi connectivity index (χ2n) is 4.26. The maximum atomic E-state index is 10.9. The van der Waals surface area contributed by atoms with Crippen molar-refractivity contribution >= 4 is 17.7 Å². The zero-order chi connectivity index (χ0) is 12.9. The van der Waals surface area contributed by atoms with E-state index in [1.165, 1.54) is 17.8 Å². The van der Waals surface area contributed by atoms with Gasteiger partial charge in [0, 0.05) is 11.9 Å². The Morgan fingerprint density at radius 2 is 2.35 bits per heavy atom. The van der Waals surface area contributed by atoms with E-state index in [-0.39, 0.29) is 11.0 Å². The van der Waals surface area contributed by atoms with Gasteiger partial charge in [-0.15, -0.1) is 11.8 Å². The van der Waals surface area contributed by atoms with Gasteiger partial charge < -0.3 is 5.11 Å². The SMILES string of the molecule is CC(C)(C#N)CCSc1ncccc1C(=O)O. The summed E-state index contributed by atoms with van der Waals surface area (Å²) in [7, 11) is 0. The van der Waals surface area contributed by atoms with E-state index in [1.807, 2.05) is 13.8 Å². The second kappa shape index (κ2) is 5.69. The van der Waals surface area contributed by atoms with Crippen LogP contribution in [0.25, 0.3) is 0 Å². The lowest BCUT2D eigenvalue weighted by atomic mass is 9.93. The van der Waals surface area contributed by atoms with Crippen molar-refractivity contribution in [1.29, 1.82) is 5.26 Å². The number of pyridine rings is 1. The van der Waals surface area contributed by atoms with Gasteiger partial charge in [0.05, 0.1) is 17.0 Å². The molecule has 0 saturated carbocycles. The van der Waals surface area contributed by atoms with Crippen LogP contribution < -0.4 is 0 Å². The third-order valence-electron chi connectivity index (χ3n) is 2.27. The summed E-state index contributed by atoms with van der Waals surface area (Å²) in [4.78, 5) is 15.0. The van der Waals surface area contributed by atoms with Crippen LogP contribution in [0.4, 0.5) is 0 Å². The highest BCUT2D eigenvalue weighted by atomic mass is 32.2. The minimum Gasteiger partial charge on any atom is -0.478 e. The quantitative estimate of drug-likeness (QED) is 0.813. The van der Waals surface area contributed by atoms with Crippen molar-refractivity contribution in [3.8, 4) is 6.07 Å². The van der Waals surface area contributed by atoms with Crippen LogP contribution in [0.1, 0.15) is 30.6 Å². The first-order valence-corrected chi connectivity index (χ1v) is 6.17. The van der Waals surface area contributed by atoms with Gasteiger partial charge in [0.2, 0.25) is 0 Å². The molecular formula is C12H14N2O2S. The van der Waals surface area contributed by atoms with Gasteiger partial charge in [0.15, 0.2) is 0 Å². The predicted octanol–water partition coefficient (Wildman–Crippen LogP) is 2.81. The Balaban J connectivity index is 2.65.